The summed E-state index contributed by atoms with van der Waals surface area (Å²) in [7, 11) is 0. The molecule has 0 bridgehead atoms. The maximum Gasteiger partial charge on any atom is 0.404 e. The van der Waals surface area contributed by atoms with Crippen LogP contribution in [0.15, 0.2) is 60.7 Å². The number of unbranched alkanes of at least 4 members (excludes halogenated alkanes) is 1. The van der Waals surface area contributed by atoms with Gasteiger partial charge in [0, 0.05) is 36.7 Å². The number of hydrogen-bond acceptors (Lipinski definition) is 6. The summed E-state index contributed by atoms with van der Waals surface area (Å²) in [4.78, 5) is 26.1. The zero-order valence-corrected chi connectivity index (χ0v) is 22.4. The summed E-state index contributed by atoms with van der Waals surface area (Å²) in [6, 6.07) is 18.8. The fourth-order valence-electron chi connectivity index (χ4n) is 5.08. The molecule has 3 aromatic rings. The number of ether oxygens (including phenoxy) is 2. The number of piperidine rings is 1. The van der Waals surface area contributed by atoms with Crippen molar-refractivity contribution < 1.29 is 24.2 Å². The van der Waals surface area contributed by atoms with Gasteiger partial charge in [-0.05, 0) is 80.0 Å². The lowest BCUT2D eigenvalue weighted by Gasteiger charge is -2.34. The molecular formula is C31H37N3O5. The SMILES string of the molecule is Cc1ccccc1Oc1c(CCCCOC(N)=O)ccc(O)c1[C@H]1CCCN(C(=O)c2ccc(CN)cc2)C1. The van der Waals surface area contributed by atoms with E-state index in [1.54, 1.807) is 6.07 Å². The number of phenolic OH excluding ortho intramolecular Hbond substituents is 1. The van der Waals surface area contributed by atoms with Crippen LogP contribution in [0.25, 0.3) is 0 Å². The lowest BCUT2D eigenvalue weighted by molar-refractivity contribution is 0.0705. The van der Waals surface area contributed by atoms with E-state index >= 15 is 0 Å². The third-order valence-corrected chi connectivity index (χ3v) is 7.20. The van der Waals surface area contributed by atoms with E-state index in [-0.39, 0.29) is 24.2 Å². The van der Waals surface area contributed by atoms with Crippen molar-refractivity contribution in [2.24, 2.45) is 11.5 Å². The third kappa shape index (κ3) is 7.09. The van der Waals surface area contributed by atoms with Crippen molar-refractivity contribution >= 4 is 12.0 Å². The number of amides is 2. The Hall–Kier alpha value is -4.04. The smallest absolute Gasteiger partial charge is 0.404 e. The molecule has 1 heterocycles. The summed E-state index contributed by atoms with van der Waals surface area (Å²) in [5, 5.41) is 11.1. The zero-order valence-electron chi connectivity index (χ0n) is 22.4. The lowest BCUT2D eigenvalue weighted by Crippen LogP contribution is -2.39. The van der Waals surface area contributed by atoms with Gasteiger partial charge in [-0.3, -0.25) is 4.79 Å². The highest BCUT2D eigenvalue weighted by atomic mass is 16.5. The molecule has 1 saturated heterocycles. The fraction of sp³-hybridized carbons (Fsp3) is 0.355. The number of likely N-dealkylation sites (tertiary alicyclic amines) is 1. The molecule has 4 rings (SSSR count). The number of carbonyl (C=O) groups is 2. The summed E-state index contributed by atoms with van der Waals surface area (Å²) >= 11 is 0. The summed E-state index contributed by atoms with van der Waals surface area (Å²) in [6.07, 6.45) is 2.92. The van der Waals surface area contributed by atoms with Crippen LogP contribution in [-0.2, 0) is 17.7 Å². The number of benzene rings is 3. The first-order valence-electron chi connectivity index (χ1n) is 13.5. The number of primary amides is 1. The molecule has 8 nitrogen and oxygen atoms in total. The quantitative estimate of drug-likeness (QED) is 0.301. The first-order chi connectivity index (χ1) is 18.9. The van der Waals surface area contributed by atoms with Crippen molar-refractivity contribution in [3.8, 4) is 17.2 Å². The topological polar surface area (TPSA) is 128 Å². The van der Waals surface area contributed by atoms with Gasteiger partial charge in [-0.25, -0.2) is 4.79 Å². The first kappa shape index (κ1) is 28.0. The number of nitrogens with zero attached hydrogens (tertiary/aromatic N) is 1. The highest BCUT2D eigenvalue weighted by molar-refractivity contribution is 5.94. The van der Waals surface area contributed by atoms with E-state index in [0.717, 1.165) is 41.5 Å². The van der Waals surface area contributed by atoms with Crippen LogP contribution in [0.3, 0.4) is 0 Å². The van der Waals surface area contributed by atoms with Crippen LogP contribution in [0.5, 0.6) is 17.2 Å². The minimum absolute atomic E-state index is 0.0326. The number of hydrogen-bond donors (Lipinski definition) is 3. The Morgan fingerprint density at radius 1 is 1.05 bits per heavy atom. The van der Waals surface area contributed by atoms with Crippen LogP contribution in [0, 0.1) is 6.92 Å². The van der Waals surface area contributed by atoms with Gasteiger partial charge in [-0.2, -0.15) is 0 Å². The van der Waals surface area contributed by atoms with E-state index < -0.39 is 6.09 Å². The number of aryl methyl sites for hydroxylation is 2. The Morgan fingerprint density at radius 2 is 1.82 bits per heavy atom. The molecule has 1 atom stereocenters. The van der Waals surface area contributed by atoms with E-state index in [0.29, 0.717) is 49.5 Å². The summed E-state index contributed by atoms with van der Waals surface area (Å²) in [5.74, 6) is 1.38. The maximum atomic E-state index is 13.4. The summed E-state index contributed by atoms with van der Waals surface area (Å²) in [5.41, 5.74) is 15.0. The molecule has 0 saturated carbocycles. The standard InChI is InChI=1S/C31H37N3O5/c1-21-7-2-3-10-27(21)39-29-23(8-4-5-18-38-31(33)37)15-16-26(35)28(29)25-9-6-17-34(20-25)30(36)24-13-11-22(19-32)12-14-24/h2-3,7,10-16,25,35H,4-6,8-9,17-20,32H2,1H3,(H2,33,37)/t25-/m0/s1. The normalized spacial score (nSPS) is 15.1. The van der Waals surface area contributed by atoms with E-state index in [4.69, 9.17) is 20.9 Å². The fourth-order valence-corrected chi connectivity index (χ4v) is 5.08. The van der Waals surface area contributed by atoms with Crippen molar-refractivity contribution in [1.29, 1.82) is 0 Å². The van der Waals surface area contributed by atoms with Gasteiger partial charge >= 0.3 is 6.09 Å². The molecule has 8 heteroatoms. The van der Waals surface area contributed by atoms with Gasteiger partial charge in [0.05, 0.1) is 6.61 Å². The molecule has 1 fully saturated rings. The van der Waals surface area contributed by atoms with Crippen LogP contribution >= 0.6 is 0 Å². The molecule has 0 radical (unpaired) electrons. The van der Waals surface area contributed by atoms with Crippen molar-refractivity contribution in [3.63, 3.8) is 0 Å². The number of carbonyl (C=O) groups excluding carboxylic acids is 2. The molecule has 39 heavy (non-hydrogen) atoms. The van der Waals surface area contributed by atoms with Gasteiger partial charge in [0.2, 0.25) is 0 Å². The van der Waals surface area contributed by atoms with Gasteiger partial charge in [-0.1, -0.05) is 36.4 Å². The van der Waals surface area contributed by atoms with Crippen LogP contribution in [0.2, 0.25) is 0 Å². The average molecular weight is 532 g/mol. The Balaban J connectivity index is 1.61. The molecule has 5 N–H and O–H groups in total. The van der Waals surface area contributed by atoms with Crippen LogP contribution in [0.4, 0.5) is 4.79 Å². The van der Waals surface area contributed by atoms with E-state index in [1.165, 1.54) is 0 Å². The lowest BCUT2D eigenvalue weighted by atomic mass is 9.87. The minimum Gasteiger partial charge on any atom is -0.508 e. The van der Waals surface area contributed by atoms with Crippen LogP contribution in [0.1, 0.15) is 64.2 Å². The molecule has 0 aliphatic carbocycles. The number of phenols is 1. The van der Waals surface area contributed by atoms with E-state index in [1.807, 2.05) is 66.4 Å². The molecule has 1 aliphatic heterocycles. The number of aromatic hydroxyl groups is 1. The zero-order chi connectivity index (χ0) is 27.8. The van der Waals surface area contributed by atoms with Crippen molar-refractivity contribution in [2.75, 3.05) is 19.7 Å². The predicted octanol–water partition coefficient (Wildman–Crippen LogP) is 5.39. The minimum atomic E-state index is -0.780. The number of nitrogens with two attached hydrogens (primary N) is 2. The second kappa shape index (κ2) is 13.2. The molecule has 206 valence electrons. The van der Waals surface area contributed by atoms with Gasteiger partial charge < -0.3 is 30.9 Å². The van der Waals surface area contributed by atoms with Crippen molar-refractivity contribution in [2.45, 2.75) is 51.5 Å². The van der Waals surface area contributed by atoms with Gasteiger partial charge in [0.1, 0.15) is 17.2 Å². The second-order valence-corrected chi connectivity index (χ2v) is 9.97. The van der Waals surface area contributed by atoms with Crippen LogP contribution < -0.4 is 16.2 Å². The largest absolute Gasteiger partial charge is 0.508 e. The molecule has 1 aliphatic rings. The van der Waals surface area contributed by atoms with Crippen molar-refractivity contribution in [3.05, 3.63) is 88.5 Å². The molecule has 0 unspecified atom stereocenters. The average Bonchev–Trinajstić information content (AvgIpc) is 2.94. The first-order valence-corrected chi connectivity index (χ1v) is 13.5. The number of rotatable bonds is 10. The summed E-state index contributed by atoms with van der Waals surface area (Å²) in [6.45, 7) is 3.79. The van der Waals surface area contributed by atoms with Gasteiger partial charge in [0.15, 0.2) is 0 Å². The van der Waals surface area contributed by atoms with Crippen molar-refractivity contribution in [1.82, 2.24) is 4.90 Å². The highest BCUT2D eigenvalue weighted by Gasteiger charge is 2.30. The monoisotopic (exact) mass is 531 g/mol. The van der Waals surface area contributed by atoms with Gasteiger partial charge in [-0.15, -0.1) is 0 Å². The maximum absolute atomic E-state index is 13.4. The summed E-state index contributed by atoms with van der Waals surface area (Å²) < 4.78 is 11.4. The second-order valence-electron chi connectivity index (χ2n) is 9.97. The number of para-hydroxylation sites is 1. The predicted molar refractivity (Wildman–Crippen MR) is 150 cm³/mol. The molecule has 2 amide bonds. The van der Waals surface area contributed by atoms with Crippen LogP contribution in [-0.4, -0.2) is 41.7 Å². The highest BCUT2D eigenvalue weighted by Crippen LogP contribution is 2.44. The molecular weight excluding hydrogens is 494 g/mol. The Bertz CT molecular complexity index is 1290. The molecule has 0 spiro atoms. The Kier molecular flexibility index (Phi) is 9.44. The molecule has 3 aromatic carbocycles. The molecule has 0 aromatic heterocycles. The third-order valence-electron chi connectivity index (χ3n) is 7.20. The van der Waals surface area contributed by atoms with E-state index in [2.05, 4.69) is 0 Å². The van der Waals surface area contributed by atoms with Gasteiger partial charge in [0.25, 0.3) is 5.91 Å². The Labute approximate surface area is 229 Å². The Morgan fingerprint density at radius 3 is 2.54 bits per heavy atom. The van der Waals surface area contributed by atoms with E-state index in [9.17, 15) is 14.7 Å².